The number of rotatable bonds is 3. The van der Waals surface area contributed by atoms with Crippen molar-refractivity contribution in [2.45, 2.75) is 32.9 Å². The summed E-state index contributed by atoms with van der Waals surface area (Å²) in [5.74, 6) is -0.522. The number of nitrogens with one attached hydrogen (secondary N) is 2. The first-order valence-electron chi connectivity index (χ1n) is 8.08. The van der Waals surface area contributed by atoms with Crippen molar-refractivity contribution in [3.05, 3.63) is 53.2 Å². The van der Waals surface area contributed by atoms with E-state index in [4.69, 9.17) is 4.74 Å². The molecule has 6 nitrogen and oxygen atoms in total. The number of carbonyl (C=O) groups excluding carboxylic acids is 2. The number of fused-ring (bicyclic) bond motifs is 1. The summed E-state index contributed by atoms with van der Waals surface area (Å²) in [4.78, 5) is 24.6. The van der Waals surface area contributed by atoms with Crippen LogP contribution in [0.5, 0.6) is 5.75 Å². The van der Waals surface area contributed by atoms with Gasteiger partial charge in [-0.1, -0.05) is 30.3 Å². The van der Waals surface area contributed by atoms with Gasteiger partial charge in [-0.2, -0.15) is 0 Å². The first kappa shape index (κ1) is 16.8. The van der Waals surface area contributed by atoms with Gasteiger partial charge in [-0.15, -0.1) is 0 Å². The molecule has 1 atom stereocenters. The number of carbonyl (C=O) groups is 2. The maximum Gasteiger partial charge on any atom is 0.338 e. The van der Waals surface area contributed by atoms with Crippen molar-refractivity contribution in [2.75, 3.05) is 0 Å². The number of hydrogen-bond donors (Lipinski definition) is 3. The van der Waals surface area contributed by atoms with E-state index in [1.54, 1.807) is 32.9 Å². The minimum atomic E-state index is -0.800. The van der Waals surface area contributed by atoms with Crippen molar-refractivity contribution in [1.82, 2.24) is 10.6 Å². The highest BCUT2D eigenvalue weighted by molar-refractivity contribution is 5.98. The van der Waals surface area contributed by atoms with Gasteiger partial charge in [0.1, 0.15) is 5.75 Å². The number of phenolic OH excluding ortho intramolecular Hbond substituents is 1. The monoisotopic (exact) mass is 340 g/mol. The highest BCUT2D eigenvalue weighted by Gasteiger charge is 2.35. The van der Waals surface area contributed by atoms with Gasteiger partial charge in [0.25, 0.3) is 0 Å². The number of phenols is 1. The van der Waals surface area contributed by atoms with Crippen molar-refractivity contribution in [3.8, 4) is 5.75 Å². The van der Waals surface area contributed by atoms with Gasteiger partial charge in [0.05, 0.1) is 17.7 Å². The third-order valence-electron chi connectivity index (χ3n) is 4.07. The smallest absolute Gasteiger partial charge is 0.338 e. The first-order valence-corrected chi connectivity index (χ1v) is 8.08. The van der Waals surface area contributed by atoms with Gasteiger partial charge in [-0.05, 0) is 37.6 Å². The lowest BCUT2D eigenvalue weighted by Gasteiger charge is -2.29. The van der Waals surface area contributed by atoms with Crippen LogP contribution < -0.4 is 10.6 Å². The number of allylic oxidation sites excluding steroid dienone is 1. The van der Waals surface area contributed by atoms with Crippen LogP contribution in [0.4, 0.5) is 4.79 Å². The Morgan fingerprint density at radius 1 is 1.20 bits per heavy atom. The first-order chi connectivity index (χ1) is 11.9. The van der Waals surface area contributed by atoms with Gasteiger partial charge < -0.3 is 20.5 Å². The van der Waals surface area contributed by atoms with Crippen molar-refractivity contribution in [3.63, 3.8) is 0 Å². The average Bonchev–Trinajstić information content (AvgIpc) is 2.53. The molecule has 0 fully saturated rings. The molecule has 1 aliphatic heterocycles. The lowest BCUT2D eigenvalue weighted by atomic mass is 9.90. The molecule has 0 saturated heterocycles. The molecule has 2 aromatic rings. The summed E-state index contributed by atoms with van der Waals surface area (Å²) in [6.45, 7) is 5.16. The summed E-state index contributed by atoms with van der Waals surface area (Å²) < 4.78 is 5.33. The maximum atomic E-state index is 12.6. The number of benzene rings is 2. The summed E-state index contributed by atoms with van der Waals surface area (Å²) in [5, 5.41) is 17.5. The van der Waals surface area contributed by atoms with Crippen LogP contribution in [-0.2, 0) is 9.53 Å². The molecular weight excluding hydrogens is 320 g/mol. The zero-order valence-corrected chi connectivity index (χ0v) is 14.3. The van der Waals surface area contributed by atoms with Crippen molar-refractivity contribution in [1.29, 1.82) is 0 Å². The lowest BCUT2D eigenvalue weighted by molar-refractivity contribution is -0.143. The molecule has 25 heavy (non-hydrogen) atoms. The fourth-order valence-electron chi connectivity index (χ4n) is 3.05. The Hall–Kier alpha value is -3.02. The van der Waals surface area contributed by atoms with Gasteiger partial charge in [0, 0.05) is 11.3 Å². The second kappa shape index (κ2) is 6.47. The fraction of sp³-hybridized carbons (Fsp3) is 0.263. The third-order valence-corrected chi connectivity index (χ3v) is 4.07. The van der Waals surface area contributed by atoms with E-state index in [2.05, 4.69) is 10.6 Å². The Morgan fingerprint density at radius 3 is 2.64 bits per heavy atom. The molecule has 3 rings (SSSR count). The second-order valence-corrected chi connectivity index (χ2v) is 6.24. The zero-order chi connectivity index (χ0) is 18.1. The molecule has 0 bridgehead atoms. The van der Waals surface area contributed by atoms with E-state index in [-0.39, 0.29) is 17.4 Å². The van der Waals surface area contributed by atoms with Gasteiger partial charge in [0.2, 0.25) is 0 Å². The van der Waals surface area contributed by atoms with Crippen LogP contribution in [0.15, 0.2) is 47.7 Å². The van der Waals surface area contributed by atoms with Gasteiger partial charge >= 0.3 is 12.0 Å². The molecule has 1 heterocycles. The van der Waals surface area contributed by atoms with Crippen molar-refractivity contribution in [2.24, 2.45) is 0 Å². The predicted molar refractivity (Wildman–Crippen MR) is 93.9 cm³/mol. The van der Waals surface area contributed by atoms with E-state index >= 15 is 0 Å². The Morgan fingerprint density at radius 2 is 1.92 bits per heavy atom. The average molecular weight is 340 g/mol. The number of hydrogen-bond acceptors (Lipinski definition) is 4. The molecule has 130 valence electrons. The Labute approximate surface area is 145 Å². The summed E-state index contributed by atoms with van der Waals surface area (Å²) >= 11 is 0. The largest absolute Gasteiger partial charge is 0.508 e. The molecule has 0 aromatic heterocycles. The van der Waals surface area contributed by atoms with Gasteiger partial charge in [-0.25, -0.2) is 9.59 Å². The van der Waals surface area contributed by atoms with Crippen LogP contribution in [0.3, 0.4) is 0 Å². The molecule has 3 N–H and O–H groups in total. The SMILES string of the molecule is CC1=C(C(=O)OC(C)C)[C@@H](c2c(O)ccc3ccccc23)NC(=O)N1. The van der Waals surface area contributed by atoms with E-state index in [9.17, 15) is 14.7 Å². The lowest BCUT2D eigenvalue weighted by Crippen LogP contribution is -2.45. The Kier molecular flexibility index (Phi) is 4.35. The van der Waals surface area contributed by atoms with Crippen molar-refractivity contribution < 1.29 is 19.4 Å². The summed E-state index contributed by atoms with van der Waals surface area (Å²) in [7, 11) is 0. The van der Waals surface area contributed by atoms with Crippen LogP contribution in [0.2, 0.25) is 0 Å². The number of ether oxygens (including phenoxy) is 1. The fourth-order valence-corrected chi connectivity index (χ4v) is 3.05. The topological polar surface area (TPSA) is 87.7 Å². The van der Waals surface area contributed by atoms with Crippen LogP contribution in [0.1, 0.15) is 32.4 Å². The minimum Gasteiger partial charge on any atom is -0.508 e. The quantitative estimate of drug-likeness (QED) is 0.749. The van der Waals surface area contributed by atoms with Crippen molar-refractivity contribution >= 4 is 22.8 Å². The van der Waals surface area contributed by atoms with E-state index in [1.165, 1.54) is 0 Å². The Balaban J connectivity index is 2.20. The molecule has 0 radical (unpaired) electrons. The third kappa shape index (κ3) is 3.15. The highest BCUT2D eigenvalue weighted by Crippen LogP contribution is 2.38. The van der Waals surface area contributed by atoms with Crippen LogP contribution in [0.25, 0.3) is 10.8 Å². The molecule has 0 spiro atoms. The standard InChI is InChI=1S/C19H20N2O4/c1-10(2)25-18(23)15-11(3)20-19(24)21-17(15)16-13-7-5-4-6-12(13)8-9-14(16)22/h4-10,17,22H,1-3H3,(H2,20,21,24)/t17-/m0/s1. The molecular formula is C19H20N2O4. The maximum absolute atomic E-state index is 12.6. The molecule has 0 aliphatic carbocycles. The number of urea groups is 1. The minimum absolute atomic E-state index is 0.00791. The van der Waals surface area contributed by atoms with E-state index < -0.39 is 18.0 Å². The van der Waals surface area contributed by atoms with E-state index in [0.29, 0.717) is 11.3 Å². The zero-order valence-electron chi connectivity index (χ0n) is 14.3. The molecule has 2 aromatic carbocycles. The van der Waals surface area contributed by atoms with Gasteiger partial charge in [0.15, 0.2) is 0 Å². The predicted octanol–water partition coefficient (Wildman–Crippen LogP) is 3.12. The molecule has 6 heteroatoms. The van der Waals surface area contributed by atoms with Gasteiger partial charge in [-0.3, -0.25) is 0 Å². The van der Waals surface area contributed by atoms with Crippen LogP contribution >= 0.6 is 0 Å². The second-order valence-electron chi connectivity index (χ2n) is 6.24. The van der Waals surface area contributed by atoms with E-state index in [0.717, 1.165) is 10.8 Å². The normalized spacial score (nSPS) is 17.4. The number of aromatic hydroxyl groups is 1. The summed E-state index contributed by atoms with van der Waals surface area (Å²) in [5.41, 5.74) is 1.16. The number of amides is 2. The highest BCUT2D eigenvalue weighted by atomic mass is 16.5. The summed E-state index contributed by atoms with van der Waals surface area (Å²) in [6.07, 6.45) is -0.299. The molecule has 0 saturated carbocycles. The Bertz CT molecular complexity index is 886. The van der Waals surface area contributed by atoms with E-state index in [1.807, 2.05) is 24.3 Å². The molecule has 0 unspecified atom stereocenters. The number of esters is 1. The van der Waals surface area contributed by atoms with Crippen LogP contribution in [0, 0.1) is 0 Å². The molecule has 1 aliphatic rings. The molecule has 2 amide bonds. The van der Waals surface area contributed by atoms with Crippen LogP contribution in [-0.4, -0.2) is 23.2 Å². The summed E-state index contributed by atoms with van der Waals surface area (Å²) in [6, 6.07) is 9.60.